The summed E-state index contributed by atoms with van der Waals surface area (Å²) in [5, 5.41) is 12.1. The molecule has 1 aromatic carbocycles. The molecular weight excluding hydrogens is 488 g/mol. The standard InChI is InChI=1S/C24H32N4O7S/c25-12-16-8-10-24(11-9-16,21(30)23(32)33)26-22(31)19-7-6-18-13-27(14-20(29)28(18)19)36(34,35)15-17-4-2-1-3-5-17/h1-5,16,18-19H,6-15,25H2,(H,26,31)(H,32,33)/t16?,18-,19-,24?/m0/s1. The number of carboxylic acid groups (broad SMARTS) is 1. The van der Waals surface area contributed by atoms with Gasteiger partial charge in [-0.05, 0) is 56.6 Å². The van der Waals surface area contributed by atoms with Crippen molar-refractivity contribution in [2.24, 2.45) is 11.7 Å². The molecule has 4 rings (SSSR count). The maximum absolute atomic E-state index is 13.3. The molecule has 2 amide bonds. The lowest BCUT2D eigenvalue weighted by atomic mass is 9.74. The van der Waals surface area contributed by atoms with Gasteiger partial charge in [0.2, 0.25) is 21.8 Å². The molecule has 4 N–H and O–H groups in total. The molecule has 2 saturated heterocycles. The Bertz CT molecular complexity index is 1130. The highest BCUT2D eigenvalue weighted by Crippen LogP contribution is 2.35. The first kappa shape index (κ1) is 26.2. The number of sulfonamides is 1. The fourth-order valence-corrected chi connectivity index (χ4v) is 7.16. The molecule has 2 atom stereocenters. The molecule has 0 radical (unpaired) electrons. The lowest BCUT2D eigenvalue weighted by Crippen LogP contribution is -2.64. The highest BCUT2D eigenvalue weighted by Gasteiger charge is 2.51. The quantitative estimate of drug-likeness (QED) is 0.398. The van der Waals surface area contributed by atoms with E-state index in [1.807, 2.05) is 0 Å². The van der Waals surface area contributed by atoms with Crippen LogP contribution in [0.4, 0.5) is 0 Å². The van der Waals surface area contributed by atoms with Crippen molar-refractivity contribution in [2.75, 3.05) is 19.6 Å². The highest BCUT2D eigenvalue weighted by atomic mass is 32.2. The molecule has 1 saturated carbocycles. The van der Waals surface area contributed by atoms with Crippen molar-refractivity contribution in [1.29, 1.82) is 0 Å². The zero-order valence-corrected chi connectivity index (χ0v) is 20.8. The molecule has 3 aliphatic rings. The first-order valence-corrected chi connectivity index (χ1v) is 13.8. The summed E-state index contributed by atoms with van der Waals surface area (Å²) < 4.78 is 27.1. The first-order valence-electron chi connectivity index (χ1n) is 12.2. The molecule has 2 aliphatic heterocycles. The van der Waals surface area contributed by atoms with E-state index in [1.54, 1.807) is 30.3 Å². The maximum Gasteiger partial charge on any atom is 0.374 e. The lowest BCUT2D eigenvalue weighted by molar-refractivity contribution is -0.155. The van der Waals surface area contributed by atoms with Gasteiger partial charge in [0.05, 0.1) is 12.3 Å². The summed E-state index contributed by atoms with van der Waals surface area (Å²) in [6, 6.07) is 7.36. The van der Waals surface area contributed by atoms with Crippen LogP contribution in [-0.4, -0.2) is 83.6 Å². The van der Waals surface area contributed by atoms with Crippen LogP contribution in [0.15, 0.2) is 30.3 Å². The summed E-state index contributed by atoms with van der Waals surface area (Å²) in [7, 11) is -3.74. The Morgan fingerprint density at radius 2 is 1.75 bits per heavy atom. The number of nitrogens with one attached hydrogen (secondary N) is 1. The molecule has 0 unspecified atom stereocenters. The van der Waals surface area contributed by atoms with Gasteiger partial charge in [-0.2, -0.15) is 4.31 Å². The van der Waals surface area contributed by atoms with Crippen molar-refractivity contribution in [3.8, 4) is 0 Å². The van der Waals surface area contributed by atoms with Crippen molar-refractivity contribution in [1.82, 2.24) is 14.5 Å². The van der Waals surface area contributed by atoms with Crippen LogP contribution in [0.5, 0.6) is 0 Å². The van der Waals surface area contributed by atoms with Crippen molar-refractivity contribution in [3.63, 3.8) is 0 Å². The monoisotopic (exact) mass is 520 g/mol. The normalized spacial score (nSPS) is 29.0. The van der Waals surface area contributed by atoms with Crippen LogP contribution in [0.1, 0.15) is 44.1 Å². The second-order valence-corrected chi connectivity index (χ2v) is 11.9. The molecule has 12 heteroatoms. The van der Waals surface area contributed by atoms with Gasteiger partial charge in [0, 0.05) is 12.6 Å². The van der Waals surface area contributed by atoms with Gasteiger partial charge >= 0.3 is 5.97 Å². The predicted octanol–water partition coefficient (Wildman–Crippen LogP) is -0.151. The third-order valence-corrected chi connectivity index (χ3v) is 9.45. The number of carboxylic acids is 1. The predicted molar refractivity (Wildman–Crippen MR) is 129 cm³/mol. The van der Waals surface area contributed by atoms with Gasteiger partial charge in [-0.15, -0.1) is 0 Å². The van der Waals surface area contributed by atoms with Crippen molar-refractivity contribution >= 4 is 33.6 Å². The van der Waals surface area contributed by atoms with E-state index in [1.165, 1.54) is 9.21 Å². The number of hydrogen-bond donors (Lipinski definition) is 3. The zero-order chi connectivity index (χ0) is 26.1. The molecular formula is C24H32N4O7S. The number of Topliss-reactive ketones (excluding diaryl/α,β-unsaturated/α-hetero) is 1. The fraction of sp³-hybridized carbons (Fsp3) is 0.583. The number of carbonyl (C=O) groups excluding carboxylic acids is 3. The largest absolute Gasteiger partial charge is 0.475 e. The summed E-state index contributed by atoms with van der Waals surface area (Å²) in [5.41, 5.74) is 4.81. The number of piperazine rings is 1. The highest BCUT2D eigenvalue weighted by molar-refractivity contribution is 7.88. The van der Waals surface area contributed by atoms with E-state index in [9.17, 15) is 32.7 Å². The SMILES string of the molecule is NCC1CCC(NC(=O)[C@@H]2CC[C@H]3CN(S(=O)(=O)Cc4ccccc4)CC(=O)N32)(C(=O)C(=O)O)CC1. The molecule has 0 spiro atoms. The van der Waals surface area contributed by atoms with Gasteiger partial charge in [-0.3, -0.25) is 14.4 Å². The summed E-state index contributed by atoms with van der Waals surface area (Å²) in [6.07, 6.45) is 2.09. The van der Waals surface area contributed by atoms with Crippen LogP contribution in [0.3, 0.4) is 0 Å². The van der Waals surface area contributed by atoms with Gasteiger partial charge < -0.3 is 21.1 Å². The molecule has 0 aromatic heterocycles. The van der Waals surface area contributed by atoms with Crippen molar-refractivity contribution < 1.29 is 32.7 Å². The topological polar surface area (TPSA) is 167 Å². The first-order chi connectivity index (χ1) is 17.1. The Morgan fingerprint density at radius 3 is 2.36 bits per heavy atom. The molecule has 196 valence electrons. The van der Waals surface area contributed by atoms with Crippen LogP contribution in [0.2, 0.25) is 0 Å². The Labute approximate surface area is 210 Å². The molecule has 11 nitrogen and oxygen atoms in total. The summed E-state index contributed by atoms with van der Waals surface area (Å²) in [6.45, 7) is 0.135. The number of amides is 2. The minimum absolute atomic E-state index is 0.0854. The second-order valence-electron chi connectivity index (χ2n) is 9.97. The number of hydrogen-bond acceptors (Lipinski definition) is 7. The Balaban J connectivity index is 1.46. The number of nitrogens with zero attached hydrogens (tertiary/aromatic N) is 2. The van der Waals surface area contributed by atoms with Crippen LogP contribution < -0.4 is 11.1 Å². The Kier molecular flexibility index (Phi) is 7.48. The number of nitrogens with two attached hydrogens (primary N) is 1. The van der Waals surface area contributed by atoms with E-state index in [0.29, 0.717) is 37.8 Å². The summed E-state index contributed by atoms with van der Waals surface area (Å²) >= 11 is 0. The maximum atomic E-state index is 13.3. The van der Waals surface area contributed by atoms with E-state index in [0.717, 1.165) is 0 Å². The van der Waals surface area contributed by atoms with Gasteiger partial charge in [-0.25, -0.2) is 13.2 Å². The zero-order valence-electron chi connectivity index (χ0n) is 20.0. The number of benzene rings is 1. The third kappa shape index (κ3) is 5.16. The molecule has 2 heterocycles. The smallest absolute Gasteiger partial charge is 0.374 e. The van der Waals surface area contributed by atoms with Crippen molar-refractivity contribution in [2.45, 2.75) is 61.9 Å². The lowest BCUT2D eigenvalue weighted by Gasteiger charge is -2.41. The number of ketones is 1. The number of aliphatic carboxylic acids is 1. The second kappa shape index (κ2) is 10.3. The molecule has 3 fully saturated rings. The van der Waals surface area contributed by atoms with E-state index in [-0.39, 0.29) is 37.6 Å². The van der Waals surface area contributed by atoms with E-state index < -0.39 is 51.2 Å². The Hall–Kier alpha value is -2.83. The fourth-order valence-electron chi connectivity index (χ4n) is 5.66. The number of fused-ring (bicyclic) bond motifs is 1. The molecule has 1 aliphatic carbocycles. The third-order valence-electron chi connectivity index (χ3n) is 7.69. The average Bonchev–Trinajstić information content (AvgIpc) is 3.29. The van der Waals surface area contributed by atoms with E-state index in [4.69, 9.17) is 5.73 Å². The van der Waals surface area contributed by atoms with E-state index >= 15 is 0 Å². The number of carbonyl (C=O) groups is 4. The van der Waals surface area contributed by atoms with Crippen LogP contribution >= 0.6 is 0 Å². The molecule has 1 aromatic rings. The van der Waals surface area contributed by atoms with Gasteiger partial charge in [0.1, 0.15) is 11.6 Å². The molecule has 0 bridgehead atoms. The Morgan fingerprint density at radius 1 is 1.08 bits per heavy atom. The minimum Gasteiger partial charge on any atom is -0.475 e. The van der Waals surface area contributed by atoms with Crippen LogP contribution in [0.25, 0.3) is 0 Å². The van der Waals surface area contributed by atoms with Gasteiger partial charge in [0.25, 0.3) is 5.78 Å². The van der Waals surface area contributed by atoms with Crippen LogP contribution in [-0.2, 0) is 35.0 Å². The van der Waals surface area contributed by atoms with Crippen LogP contribution in [0, 0.1) is 5.92 Å². The van der Waals surface area contributed by atoms with Crippen molar-refractivity contribution in [3.05, 3.63) is 35.9 Å². The summed E-state index contributed by atoms with van der Waals surface area (Å²) in [5.74, 6) is -3.80. The minimum atomic E-state index is -3.74. The van der Waals surface area contributed by atoms with Gasteiger partial charge in [0.15, 0.2) is 0 Å². The molecule has 36 heavy (non-hydrogen) atoms. The average molecular weight is 521 g/mol. The summed E-state index contributed by atoms with van der Waals surface area (Å²) in [4.78, 5) is 51.9. The number of rotatable bonds is 8. The van der Waals surface area contributed by atoms with E-state index in [2.05, 4.69) is 5.32 Å². The van der Waals surface area contributed by atoms with Gasteiger partial charge in [-0.1, -0.05) is 30.3 Å².